The number of benzene rings is 1. The fourth-order valence-electron chi connectivity index (χ4n) is 2.08. The van der Waals surface area contributed by atoms with E-state index in [9.17, 15) is 9.59 Å². The van der Waals surface area contributed by atoms with Gasteiger partial charge in [0, 0.05) is 6.20 Å². The van der Waals surface area contributed by atoms with Crippen molar-refractivity contribution in [2.24, 2.45) is 0 Å². The number of rotatable bonds is 1. The Morgan fingerprint density at radius 1 is 1.16 bits per heavy atom. The van der Waals surface area contributed by atoms with E-state index in [4.69, 9.17) is 11.6 Å². The van der Waals surface area contributed by atoms with Gasteiger partial charge in [0.25, 0.3) is 11.8 Å². The van der Waals surface area contributed by atoms with Gasteiger partial charge in [-0.3, -0.25) is 14.6 Å². The molecule has 1 aromatic carbocycles. The Morgan fingerprint density at radius 3 is 2.63 bits per heavy atom. The lowest BCUT2D eigenvalue weighted by Gasteiger charge is -2.15. The summed E-state index contributed by atoms with van der Waals surface area (Å²) in [7, 11) is 0. The molecule has 2 heterocycles. The van der Waals surface area contributed by atoms with Gasteiger partial charge in [-0.25, -0.2) is 4.90 Å². The van der Waals surface area contributed by atoms with Gasteiger partial charge in [-0.15, -0.1) is 0 Å². The van der Waals surface area contributed by atoms with Crippen molar-refractivity contribution >= 4 is 29.1 Å². The van der Waals surface area contributed by atoms with E-state index in [1.807, 2.05) is 6.92 Å². The standard InChI is InChI=1S/C14H9ClN2O2/c1-8-4-5-11(10(15)7-8)17-13(18)9-3-2-6-16-12(9)14(17)19/h2-7H,1H3. The summed E-state index contributed by atoms with van der Waals surface area (Å²) in [6.07, 6.45) is 1.49. The van der Waals surface area contributed by atoms with Crippen molar-refractivity contribution in [3.8, 4) is 0 Å². The van der Waals surface area contributed by atoms with Crippen LogP contribution in [0.15, 0.2) is 36.5 Å². The molecule has 4 nitrogen and oxygen atoms in total. The van der Waals surface area contributed by atoms with Crippen molar-refractivity contribution in [3.63, 3.8) is 0 Å². The summed E-state index contributed by atoms with van der Waals surface area (Å²) in [5.41, 5.74) is 1.83. The van der Waals surface area contributed by atoms with Crippen molar-refractivity contribution in [2.45, 2.75) is 6.92 Å². The molecular weight excluding hydrogens is 264 g/mol. The number of hydrogen-bond acceptors (Lipinski definition) is 3. The fraction of sp³-hybridized carbons (Fsp3) is 0.0714. The first kappa shape index (κ1) is 11.9. The first-order chi connectivity index (χ1) is 9.09. The second-order valence-electron chi connectivity index (χ2n) is 4.30. The van der Waals surface area contributed by atoms with Gasteiger partial charge in [0.15, 0.2) is 0 Å². The monoisotopic (exact) mass is 272 g/mol. The molecule has 0 spiro atoms. The molecule has 94 valence electrons. The van der Waals surface area contributed by atoms with Gasteiger partial charge in [-0.05, 0) is 36.8 Å². The fourth-order valence-corrected chi connectivity index (χ4v) is 2.40. The van der Waals surface area contributed by atoms with E-state index >= 15 is 0 Å². The summed E-state index contributed by atoms with van der Waals surface area (Å²) in [5.74, 6) is -0.829. The predicted molar refractivity (Wildman–Crippen MR) is 71.6 cm³/mol. The van der Waals surface area contributed by atoms with Crippen molar-refractivity contribution in [1.29, 1.82) is 0 Å². The van der Waals surface area contributed by atoms with E-state index in [1.54, 1.807) is 30.3 Å². The first-order valence-electron chi connectivity index (χ1n) is 5.69. The Kier molecular flexibility index (Phi) is 2.61. The largest absolute Gasteiger partial charge is 0.284 e. The number of imide groups is 1. The highest BCUT2D eigenvalue weighted by Crippen LogP contribution is 2.32. The van der Waals surface area contributed by atoms with E-state index in [2.05, 4.69) is 4.98 Å². The SMILES string of the molecule is Cc1ccc(N2C(=O)c3cccnc3C2=O)c(Cl)c1. The summed E-state index contributed by atoms with van der Waals surface area (Å²) in [5, 5.41) is 0.370. The molecule has 5 heteroatoms. The van der Waals surface area contributed by atoms with Crippen LogP contribution < -0.4 is 4.90 Å². The molecule has 0 saturated carbocycles. The Balaban J connectivity index is 2.14. The van der Waals surface area contributed by atoms with Crippen molar-refractivity contribution < 1.29 is 9.59 Å². The van der Waals surface area contributed by atoms with E-state index in [-0.39, 0.29) is 11.6 Å². The van der Waals surface area contributed by atoms with Crippen LogP contribution in [0.2, 0.25) is 5.02 Å². The molecule has 0 unspecified atom stereocenters. The third-order valence-corrected chi connectivity index (χ3v) is 3.29. The lowest BCUT2D eigenvalue weighted by atomic mass is 10.2. The van der Waals surface area contributed by atoms with Crippen LogP contribution >= 0.6 is 11.6 Å². The van der Waals surface area contributed by atoms with Gasteiger partial charge >= 0.3 is 0 Å². The molecule has 3 rings (SSSR count). The van der Waals surface area contributed by atoms with Gasteiger partial charge in [-0.2, -0.15) is 0 Å². The summed E-state index contributed by atoms with van der Waals surface area (Å²) >= 11 is 6.12. The summed E-state index contributed by atoms with van der Waals surface area (Å²) in [6.45, 7) is 1.89. The number of aromatic nitrogens is 1. The Labute approximate surface area is 114 Å². The third kappa shape index (κ3) is 1.72. The lowest BCUT2D eigenvalue weighted by molar-refractivity contribution is 0.0924. The average molecular weight is 273 g/mol. The maximum absolute atomic E-state index is 12.3. The highest BCUT2D eigenvalue weighted by molar-refractivity contribution is 6.39. The molecule has 2 aromatic rings. The van der Waals surface area contributed by atoms with Gasteiger partial charge in [0.05, 0.1) is 16.3 Å². The first-order valence-corrected chi connectivity index (χ1v) is 6.07. The second kappa shape index (κ2) is 4.17. The van der Waals surface area contributed by atoms with Crippen LogP contribution in [0.3, 0.4) is 0 Å². The van der Waals surface area contributed by atoms with Crippen LogP contribution in [0, 0.1) is 6.92 Å². The zero-order chi connectivity index (χ0) is 13.6. The van der Waals surface area contributed by atoms with Crippen LogP contribution in [0.4, 0.5) is 5.69 Å². The number of hydrogen-bond donors (Lipinski definition) is 0. The number of amides is 2. The molecule has 19 heavy (non-hydrogen) atoms. The van der Waals surface area contributed by atoms with Crippen LogP contribution in [-0.2, 0) is 0 Å². The number of nitrogens with zero attached hydrogens (tertiary/aromatic N) is 2. The molecule has 0 radical (unpaired) electrons. The molecule has 1 aromatic heterocycles. The van der Waals surface area contributed by atoms with Crippen LogP contribution in [0.1, 0.15) is 26.4 Å². The number of fused-ring (bicyclic) bond motifs is 1. The minimum atomic E-state index is -0.439. The number of anilines is 1. The molecule has 0 saturated heterocycles. The zero-order valence-corrected chi connectivity index (χ0v) is 10.8. The molecule has 2 amide bonds. The Bertz CT molecular complexity index is 677. The number of aryl methyl sites for hydroxylation is 1. The number of carbonyl (C=O) groups excluding carboxylic acids is 2. The van der Waals surface area contributed by atoms with Gasteiger partial charge in [-0.1, -0.05) is 17.7 Å². The molecule has 1 aliphatic rings. The quantitative estimate of drug-likeness (QED) is 0.750. The van der Waals surface area contributed by atoms with Crippen molar-refractivity contribution in [1.82, 2.24) is 4.98 Å². The van der Waals surface area contributed by atoms with Crippen LogP contribution in [0.5, 0.6) is 0 Å². The molecule has 0 bridgehead atoms. The highest BCUT2D eigenvalue weighted by Gasteiger charge is 2.38. The second-order valence-corrected chi connectivity index (χ2v) is 4.71. The minimum Gasteiger partial charge on any atom is -0.268 e. The van der Waals surface area contributed by atoms with Crippen molar-refractivity contribution in [2.75, 3.05) is 4.90 Å². The predicted octanol–water partition coefficient (Wildman–Crippen LogP) is 2.84. The topological polar surface area (TPSA) is 50.3 Å². The number of carbonyl (C=O) groups is 2. The molecular formula is C14H9ClN2O2. The Morgan fingerprint density at radius 2 is 1.95 bits per heavy atom. The maximum Gasteiger partial charge on any atom is 0.284 e. The van der Waals surface area contributed by atoms with Gasteiger partial charge in [0.2, 0.25) is 0 Å². The maximum atomic E-state index is 12.3. The normalized spacial score (nSPS) is 13.9. The molecule has 1 aliphatic heterocycles. The third-order valence-electron chi connectivity index (χ3n) is 2.99. The van der Waals surface area contributed by atoms with E-state index in [0.717, 1.165) is 10.5 Å². The van der Waals surface area contributed by atoms with Crippen LogP contribution in [-0.4, -0.2) is 16.8 Å². The minimum absolute atomic E-state index is 0.171. The highest BCUT2D eigenvalue weighted by atomic mass is 35.5. The van der Waals surface area contributed by atoms with E-state index in [0.29, 0.717) is 16.3 Å². The summed E-state index contributed by atoms with van der Waals surface area (Å²) < 4.78 is 0. The molecule has 0 atom stereocenters. The van der Waals surface area contributed by atoms with E-state index in [1.165, 1.54) is 6.20 Å². The smallest absolute Gasteiger partial charge is 0.268 e. The zero-order valence-electron chi connectivity index (χ0n) is 10.1. The van der Waals surface area contributed by atoms with Gasteiger partial charge < -0.3 is 0 Å². The summed E-state index contributed by atoms with van der Waals surface area (Å²) in [4.78, 5) is 29.5. The van der Waals surface area contributed by atoms with Crippen molar-refractivity contribution in [3.05, 3.63) is 58.4 Å². The Hall–Kier alpha value is -2.20. The number of halogens is 1. The summed E-state index contributed by atoms with van der Waals surface area (Å²) in [6, 6.07) is 8.40. The molecule has 0 fully saturated rings. The van der Waals surface area contributed by atoms with Crippen LogP contribution in [0.25, 0.3) is 0 Å². The van der Waals surface area contributed by atoms with E-state index < -0.39 is 5.91 Å². The number of pyridine rings is 1. The average Bonchev–Trinajstić information content (AvgIpc) is 2.64. The lowest BCUT2D eigenvalue weighted by Crippen LogP contribution is -2.29. The van der Waals surface area contributed by atoms with Gasteiger partial charge in [0.1, 0.15) is 5.69 Å². The molecule has 0 N–H and O–H groups in total. The molecule has 0 aliphatic carbocycles.